The largest absolute Gasteiger partial charge is 0.319 e. The molecular formula is C14H17BrFN3. The van der Waals surface area contributed by atoms with Gasteiger partial charge in [-0.3, -0.25) is 4.68 Å². The first-order valence-corrected chi connectivity index (χ1v) is 7.06. The van der Waals surface area contributed by atoms with Crippen LogP contribution in [0.1, 0.15) is 36.2 Å². The van der Waals surface area contributed by atoms with Crippen LogP contribution in [-0.4, -0.2) is 9.78 Å². The highest BCUT2D eigenvalue weighted by molar-refractivity contribution is 9.10. The highest BCUT2D eigenvalue weighted by Crippen LogP contribution is 2.28. The van der Waals surface area contributed by atoms with Crippen LogP contribution in [0.5, 0.6) is 0 Å². The van der Waals surface area contributed by atoms with E-state index in [4.69, 9.17) is 5.73 Å². The van der Waals surface area contributed by atoms with Crippen LogP contribution in [0.3, 0.4) is 0 Å². The zero-order chi connectivity index (χ0) is 14.0. The zero-order valence-electron chi connectivity index (χ0n) is 11.0. The number of aromatic nitrogens is 2. The number of nitrogens with two attached hydrogens (primary N) is 1. The Morgan fingerprint density at radius 1 is 1.47 bits per heavy atom. The number of rotatable bonds is 4. The Kier molecular flexibility index (Phi) is 4.37. The summed E-state index contributed by atoms with van der Waals surface area (Å²) in [6.45, 7) is 4.76. The van der Waals surface area contributed by atoms with E-state index in [9.17, 15) is 4.39 Å². The number of halogens is 2. The lowest BCUT2D eigenvalue weighted by molar-refractivity contribution is 0.543. The van der Waals surface area contributed by atoms with Crippen LogP contribution in [0, 0.1) is 12.7 Å². The molecule has 0 saturated heterocycles. The van der Waals surface area contributed by atoms with Crippen LogP contribution < -0.4 is 5.73 Å². The fraction of sp³-hybridized carbons (Fsp3) is 0.357. The van der Waals surface area contributed by atoms with E-state index in [0.29, 0.717) is 5.56 Å². The van der Waals surface area contributed by atoms with E-state index < -0.39 is 6.04 Å². The molecule has 0 aliphatic carbocycles. The molecule has 1 aromatic heterocycles. The molecule has 0 amide bonds. The van der Waals surface area contributed by atoms with E-state index in [0.717, 1.165) is 28.7 Å². The third kappa shape index (κ3) is 2.87. The lowest BCUT2D eigenvalue weighted by Crippen LogP contribution is -2.19. The molecular weight excluding hydrogens is 309 g/mol. The first kappa shape index (κ1) is 14.2. The fourth-order valence-electron chi connectivity index (χ4n) is 2.12. The summed E-state index contributed by atoms with van der Waals surface area (Å²) in [5.74, 6) is -0.283. The van der Waals surface area contributed by atoms with E-state index in [2.05, 4.69) is 28.0 Å². The highest BCUT2D eigenvalue weighted by Gasteiger charge is 2.20. The molecule has 2 aromatic rings. The third-order valence-electron chi connectivity index (χ3n) is 3.05. The Morgan fingerprint density at radius 3 is 2.89 bits per heavy atom. The van der Waals surface area contributed by atoms with Gasteiger partial charge < -0.3 is 5.73 Å². The van der Waals surface area contributed by atoms with Gasteiger partial charge in [0.1, 0.15) is 5.82 Å². The predicted octanol–water partition coefficient (Wildman–Crippen LogP) is 3.55. The minimum atomic E-state index is -0.525. The number of aryl methyl sites for hydroxylation is 2. The normalized spacial score (nSPS) is 12.7. The van der Waals surface area contributed by atoms with Gasteiger partial charge in [0.05, 0.1) is 22.4 Å². The molecule has 0 saturated carbocycles. The van der Waals surface area contributed by atoms with Gasteiger partial charge in [0, 0.05) is 12.1 Å². The third-order valence-corrected chi connectivity index (χ3v) is 3.66. The van der Waals surface area contributed by atoms with E-state index in [1.165, 1.54) is 6.07 Å². The average molecular weight is 326 g/mol. The Balaban J connectivity index is 2.46. The molecule has 0 fully saturated rings. The van der Waals surface area contributed by atoms with Crippen molar-refractivity contribution in [2.75, 3.05) is 0 Å². The maximum absolute atomic E-state index is 13.9. The molecule has 1 aromatic carbocycles. The summed E-state index contributed by atoms with van der Waals surface area (Å²) < 4.78 is 16.6. The summed E-state index contributed by atoms with van der Waals surface area (Å²) in [5.41, 5.74) is 8.53. The molecule has 19 heavy (non-hydrogen) atoms. The Hall–Kier alpha value is -1.20. The van der Waals surface area contributed by atoms with Gasteiger partial charge in [0.15, 0.2) is 0 Å². The smallest absolute Gasteiger partial charge is 0.128 e. The summed E-state index contributed by atoms with van der Waals surface area (Å²) in [6.07, 6.45) is 2.66. The number of nitrogens with zero attached hydrogens (tertiary/aromatic N) is 2. The molecule has 3 nitrogen and oxygen atoms in total. The minimum Gasteiger partial charge on any atom is -0.319 e. The van der Waals surface area contributed by atoms with E-state index in [1.54, 1.807) is 18.3 Å². The maximum Gasteiger partial charge on any atom is 0.128 e. The second-order valence-electron chi connectivity index (χ2n) is 4.60. The summed E-state index contributed by atoms with van der Waals surface area (Å²) in [6, 6.07) is 4.46. The van der Waals surface area contributed by atoms with Crippen molar-refractivity contribution in [1.29, 1.82) is 0 Å². The van der Waals surface area contributed by atoms with Crippen LogP contribution in [0.25, 0.3) is 0 Å². The summed E-state index contributed by atoms with van der Waals surface area (Å²) in [4.78, 5) is 0. The van der Waals surface area contributed by atoms with Crippen molar-refractivity contribution >= 4 is 15.9 Å². The maximum atomic E-state index is 13.9. The van der Waals surface area contributed by atoms with Crippen molar-refractivity contribution in [1.82, 2.24) is 9.78 Å². The standard InChI is InChI=1S/C14H17BrFN3/c1-3-6-19-14(11(15)8-18-19)13(17)10-7-9(2)4-5-12(10)16/h4-5,7-8,13H,3,6,17H2,1-2H3. The first-order chi connectivity index (χ1) is 9.04. The first-order valence-electron chi connectivity index (χ1n) is 6.27. The summed E-state index contributed by atoms with van der Waals surface area (Å²) in [7, 11) is 0. The molecule has 0 radical (unpaired) electrons. The lowest BCUT2D eigenvalue weighted by atomic mass is 10.0. The van der Waals surface area contributed by atoms with E-state index in [-0.39, 0.29) is 5.82 Å². The quantitative estimate of drug-likeness (QED) is 0.934. The minimum absolute atomic E-state index is 0.283. The average Bonchev–Trinajstić information content (AvgIpc) is 2.73. The molecule has 0 aliphatic rings. The Morgan fingerprint density at radius 2 is 2.21 bits per heavy atom. The van der Waals surface area contributed by atoms with Crippen LogP contribution in [0.4, 0.5) is 4.39 Å². The van der Waals surface area contributed by atoms with E-state index in [1.807, 2.05) is 11.6 Å². The van der Waals surface area contributed by atoms with Crippen LogP contribution >= 0.6 is 15.9 Å². The van der Waals surface area contributed by atoms with Gasteiger partial charge in [0.25, 0.3) is 0 Å². The molecule has 0 bridgehead atoms. The molecule has 102 valence electrons. The Labute approximate surface area is 120 Å². The SMILES string of the molecule is CCCn1ncc(Br)c1C(N)c1cc(C)ccc1F. The van der Waals surface area contributed by atoms with Gasteiger partial charge in [-0.15, -0.1) is 0 Å². The lowest BCUT2D eigenvalue weighted by Gasteiger charge is -2.16. The van der Waals surface area contributed by atoms with Crippen LogP contribution in [-0.2, 0) is 6.54 Å². The molecule has 0 aliphatic heterocycles. The fourth-order valence-corrected chi connectivity index (χ4v) is 2.66. The Bertz CT molecular complexity index is 580. The summed E-state index contributed by atoms with van der Waals surface area (Å²) in [5, 5.41) is 4.27. The van der Waals surface area contributed by atoms with E-state index >= 15 is 0 Å². The second-order valence-corrected chi connectivity index (χ2v) is 5.46. The van der Waals surface area contributed by atoms with Gasteiger partial charge in [-0.2, -0.15) is 5.10 Å². The van der Waals surface area contributed by atoms with Crippen molar-refractivity contribution in [2.45, 2.75) is 32.9 Å². The van der Waals surface area contributed by atoms with Crippen LogP contribution in [0.15, 0.2) is 28.9 Å². The zero-order valence-corrected chi connectivity index (χ0v) is 12.6. The molecule has 5 heteroatoms. The van der Waals surface area contributed by atoms with Gasteiger partial charge in [-0.1, -0.05) is 24.6 Å². The molecule has 2 N–H and O–H groups in total. The molecule has 0 spiro atoms. The number of hydrogen-bond acceptors (Lipinski definition) is 2. The van der Waals surface area contributed by atoms with Crippen molar-refractivity contribution in [3.63, 3.8) is 0 Å². The topological polar surface area (TPSA) is 43.8 Å². The number of benzene rings is 1. The van der Waals surface area contributed by atoms with Crippen molar-refractivity contribution in [3.8, 4) is 0 Å². The second kappa shape index (κ2) is 5.84. The molecule has 2 rings (SSSR count). The highest BCUT2D eigenvalue weighted by atomic mass is 79.9. The van der Waals surface area contributed by atoms with Crippen LogP contribution in [0.2, 0.25) is 0 Å². The van der Waals surface area contributed by atoms with Crippen molar-refractivity contribution in [2.24, 2.45) is 5.73 Å². The number of hydrogen-bond donors (Lipinski definition) is 1. The van der Waals surface area contributed by atoms with Gasteiger partial charge >= 0.3 is 0 Å². The molecule has 1 atom stereocenters. The molecule has 1 heterocycles. The molecule has 1 unspecified atom stereocenters. The van der Waals surface area contributed by atoms with Crippen molar-refractivity contribution in [3.05, 3.63) is 51.5 Å². The van der Waals surface area contributed by atoms with Gasteiger partial charge in [-0.05, 0) is 35.3 Å². The summed E-state index contributed by atoms with van der Waals surface area (Å²) >= 11 is 3.44. The predicted molar refractivity (Wildman–Crippen MR) is 77.4 cm³/mol. The van der Waals surface area contributed by atoms with Gasteiger partial charge in [0.2, 0.25) is 0 Å². The van der Waals surface area contributed by atoms with Crippen molar-refractivity contribution < 1.29 is 4.39 Å². The monoisotopic (exact) mass is 325 g/mol. The van der Waals surface area contributed by atoms with Gasteiger partial charge in [-0.25, -0.2) is 4.39 Å².